The van der Waals surface area contributed by atoms with Gasteiger partial charge in [-0.1, -0.05) is 6.07 Å². The molecule has 1 aliphatic carbocycles. The van der Waals surface area contributed by atoms with Crippen molar-refractivity contribution in [1.29, 1.82) is 0 Å². The lowest BCUT2D eigenvalue weighted by Gasteiger charge is -2.27. The summed E-state index contributed by atoms with van der Waals surface area (Å²) < 4.78 is 5.24. The highest BCUT2D eigenvalue weighted by molar-refractivity contribution is 7.17. The molecule has 0 radical (unpaired) electrons. The SMILES string of the molecule is CCOC(=O)c1c(NC(=O)C[NH+]2CCN(c3cccc[nH+]3)CC2)sc2c1CCC2. The number of aryl methyl sites for hydroxylation is 1. The number of carbonyl (C=O) groups excluding carboxylic acids is 2. The summed E-state index contributed by atoms with van der Waals surface area (Å²) in [5.74, 6) is 0.760. The largest absolute Gasteiger partial charge is 0.462 e. The third-order valence-electron chi connectivity index (χ3n) is 5.57. The topological polar surface area (TPSA) is 77.2 Å². The Balaban J connectivity index is 1.35. The monoisotopic (exact) mass is 416 g/mol. The Labute approximate surface area is 174 Å². The predicted octanol–water partition coefficient (Wildman–Crippen LogP) is 0.571. The number of thiophene rings is 1. The predicted molar refractivity (Wildman–Crippen MR) is 112 cm³/mol. The highest BCUT2D eigenvalue weighted by atomic mass is 32.1. The van der Waals surface area contributed by atoms with Crippen LogP contribution in [0.4, 0.5) is 10.8 Å². The molecule has 1 fully saturated rings. The minimum atomic E-state index is -0.317. The second-order valence-electron chi connectivity index (χ2n) is 7.49. The van der Waals surface area contributed by atoms with Crippen molar-refractivity contribution in [2.24, 2.45) is 0 Å². The van der Waals surface area contributed by atoms with Crippen molar-refractivity contribution in [2.75, 3.05) is 49.5 Å². The summed E-state index contributed by atoms with van der Waals surface area (Å²) in [6.45, 7) is 6.18. The van der Waals surface area contributed by atoms with Gasteiger partial charge >= 0.3 is 5.97 Å². The van der Waals surface area contributed by atoms with E-state index in [9.17, 15) is 9.59 Å². The summed E-state index contributed by atoms with van der Waals surface area (Å²) in [5, 5.41) is 3.67. The second kappa shape index (κ2) is 8.92. The molecule has 0 unspecified atom stereocenters. The number of fused-ring (bicyclic) bond motifs is 1. The third kappa shape index (κ3) is 4.43. The maximum atomic E-state index is 12.7. The molecule has 8 heteroatoms. The van der Waals surface area contributed by atoms with E-state index in [-0.39, 0.29) is 11.9 Å². The molecule has 1 saturated heterocycles. The van der Waals surface area contributed by atoms with E-state index in [1.165, 1.54) is 21.1 Å². The first-order valence-electron chi connectivity index (χ1n) is 10.3. The molecular weight excluding hydrogens is 388 g/mol. The van der Waals surface area contributed by atoms with Gasteiger partial charge in [0.15, 0.2) is 6.54 Å². The van der Waals surface area contributed by atoms with Gasteiger partial charge in [0.2, 0.25) is 0 Å². The van der Waals surface area contributed by atoms with E-state index in [0.717, 1.165) is 56.8 Å². The van der Waals surface area contributed by atoms with Crippen LogP contribution in [-0.4, -0.2) is 51.2 Å². The van der Waals surface area contributed by atoms with E-state index in [1.807, 2.05) is 18.3 Å². The summed E-state index contributed by atoms with van der Waals surface area (Å²) >= 11 is 1.54. The van der Waals surface area contributed by atoms with E-state index in [4.69, 9.17) is 4.74 Å². The fraction of sp³-hybridized carbons (Fsp3) is 0.476. The third-order valence-corrected chi connectivity index (χ3v) is 6.78. The van der Waals surface area contributed by atoms with Crippen LogP contribution in [-0.2, 0) is 22.4 Å². The molecule has 3 N–H and O–H groups in total. The average Bonchev–Trinajstić information content (AvgIpc) is 3.30. The number of piperazine rings is 1. The van der Waals surface area contributed by atoms with Gasteiger partial charge in [0.05, 0.1) is 18.4 Å². The van der Waals surface area contributed by atoms with Crippen molar-refractivity contribution in [3.63, 3.8) is 0 Å². The quantitative estimate of drug-likeness (QED) is 0.675. The minimum Gasteiger partial charge on any atom is -0.462 e. The smallest absolute Gasteiger partial charge is 0.341 e. The van der Waals surface area contributed by atoms with Gasteiger partial charge in [-0.3, -0.25) is 9.69 Å². The first kappa shape index (κ1) is 19.8. The highest BCUT2D eigenvalue weighted by Gasteiger charge is 2.30. The summed E-state index contributed by atoms with van der Waals surface area (Å²) in [5.41, 5.74) is 1.65. The summed E-state index contributed by atoms with van der Waals surface area (Å²) in [4.78, 5) is 33.2. The van der Waals surface area contributed by atoms with E-state index >= 15 is 0 Å². The van der Waals surface area contributed by atoms with Crippen LogP contribution in [0.2, 0.25) is 0 Å². The number of nitrogens with one attached hydrogen (secondary N) is 3. The van der Waals surface area contributed by atoms with Gasteiger partial charge in [0.25, 0.3) is 11.7 Å². The molecule has 1 amide bonds. The van der Waals surface area contributed by atoms with E-state index < -0.39 is 0 Å². The molecule has 1 aliphatic heterocycles. The Kier molecular flexibility index (Phi) is 6.10. The minimum absolute atomic E-state index is 0.0369. The number of hydrogen-bond acceptors (Lipinski definition) is 5. The van der Waals surface area contributed by atoms with Crippen molar-refractivity contribution >= 4 is 34.0 Å². The van der Waals surface area contributed by atoms with Gasteiger partial charge in [0, 0.05) is 10.9 Å². The lowest BCUT2D eigenvalue weighted by Crippen LogP contribution is -3.15. The number of aromatic amines is 1. The molecule has 3 heterocycles. The number of amides is 1. The molecule has 0 saturated carbocycles. The molecule has 154 valence electrons. The average molecular weight is 417 g/mol. The number of H-pyrrole nitrogens is 1. The van der Waals surface area contributed by atoms with Crippen molar-refractivity contribution < 1.29 is 24.2 Å². The van der Waals surface area contributed by atoms with Crippen molar-refractivity contribution in [3.8, 4) is 0 Å². The van der Waals surface area contributed by atoms with Gasteiger partial charge in [-0.25, -0.2) is 9.78 Å². The molecule has 0 bridgehead atoms. The highest BCUT2D eigenvalue weighted by Crippen LogP contribution is 2.39. The fourth-order valence-electron chi connectivity index (χ4n) is 4.13. The molecular formula is C21H28N4O3S+2. The zero-order valence-electron chi connectivity index (χ0n) is 16.8. The standard InChI is InChI=1S/C21H26N4O3S/c1-2-28-21(27)19-15-6-5-7-16(15)29-20(19)23-18(26)14-24-10-12-25(13-11-24)17-8-3-4-9-22-17/h3-4,8-9H,2,5-7,10-14H2,1H3,(H,23,26)/p+2. The molecule has 2 aromatic heterocycles. The van der Waals surface area contributed by atoms with E-state index in [1.54, 1.807) is 6.92 Å². The summed E-state index contributed by atoms with van der Waals surface area (Å²) in [6, 6.07) is 6.07. The number of quaternary nitrogens is 1. The number of pyridine rings is 1. The van der Waals surface area contributed by atoms with Crippen LogP contribution < -0.4 is 20.1 Å². The Morgan fingerprint density at radius 3 is 2.83 bits per heavy atom. The van der Waals surface area contributed by atoms with Crippen molar-refractivity contribution in [2.45, 2.75) is 26.2 Å². The molecule has 0 spiro atoms. The zero-order valence-corrected chi connectivity index (χ0v) is 17.6. The van der Waals surface area contributed by atoms with Crippen LogP contribution >= 0.6 is 11.3 Å². The molecule has 0 aromatic carbocycles. The molecule has 29 heavy (non-hydrogen) atoms. The van der Waals surface area contributed by atoms with Gasteiger partial charge in [0.1, 0.15) is 31.2 Å². The Morgan fingerprint density at radius 1 is 1.28 bits per heavy atom. The first-order valence-corrected chi connectivity index (χ1v) is 11.1. The maximum absolute atomic E-state index is 12.7. The van der Waals surface area contributed by atoms with Gasteiger partial charge in [-0.2, -0.15) is 0 Å². The number of ether oxygens (including phenoxy) is 1. The number of nitrogens with zero attached hydrogens (tertiary/aromatic N) is 1. The molecule has 0 atom stereocenters. The van der Waals surface area contributed by atoms with E-state index in [0.29, 0.717) is 23.7 Å². The summed E-state index contributed by atoms with van der Waals surface area (Å²) in [6.07, 6.45) is 4.86. The van der Waals surface area contributed by atoms with Crippen molar-refractivity contribution in [1.82, 2.24) is 0 Å². The first-order chi connectivity index (χ1) is 14.2. The Bertz CT molecular complexity index is 876. The number of esters is 1. The fourth-order valence-corrected chi connectivity index (χ4v) is 5.42. The van der Waals surface area contributed by atoms with Crippen LogP contribution in [0.25, 0.3) is 0 Å². The maximum Gasteiger partial charge on any atom is 0.341 e. The number of rotatable bonds is 6. The van der Waals surface area contributed by atoms with E-state index in [2.05, 4.69) is 21.3 Å². The van der Waals surface area contributed by atoms with Gasteiger partial charge in [-0.15, -0.1) is 11.3 Å². The number of carbonyl (C=O) groups is 2. The Morgan fingerprint density at radius 2 is 2.10 bits per heavy atom. The molecule has 2 aromatic rings. The van der Waals surface area contributed by atoms with Crippen LogP contribution in [0.3, 0.4) is 0 Å². The second-order valence-corrected chi connectivity index (χ2v) is 8.60. The van der Waals surface area contributed by atoms with Crippen molar-refractivity contribution in [3.05, 3.63) is 40.4 Å². The Hall–Kier alpha value is -2.45. The number of hydrogen-bond donors (Lipinski definition) is 2. The molecule has 2 aliphatic rings. The summed E-state index contributed by atoms with van der Waals surface area (Å²) in [7, 11) is 0. The lowest BCUT2D eigenvalue weighted by atomic mass is 10.1. The number of anilines is 2. The van der Waals surface area contributed by atoms with Crippen LogP contribution in [0.15, 0.2) is 24.4 Å². The zero-order chi connectivity index (χ0) is 20.2. The van der Waals surface area contributed by atoms with Crippen LogP contribution in [0.5, 0.6) is 0 Å². The lowest BCUT2D eigenvalue weighted by molar-refractivity contribution is -0.892. The van der Waals surface area contributed by atoms with Gasteiger partial charge < -0.3 is 15.0 Å². The normalized spacial score (nSPS) is 16.5. The van der Waals surface area contributed by atoms with Gasteiger partial charge in [-0.05, 0) is 37.8 Å². The number of aromatic nitrogens is 1. The molecule has 7 nitrogen and oxygen atoms in total. The van der Waals surface area contributed by atoms with Crippen LogP contribution in [0.1, 0.15) is 34.1 Å². The van der Waals surface area contributed by atoms with Crippen LogP contribution in [0, 0.1) is 0 Å². The molecule has 4 rings (SSSR count).